The SMILES string of the molecule is O=C(O)CN1C(=O)/C(=C/c2cccc3ccccc23)NC1=S. The number of thiocarbonyl (C=S) groups is 1. The summed E-state index contributed by atoms with van der Waals surface area (Å²) in [6.45, 7) is -0.447. The fraction of sp³-hybridized carbons (Fsp3) is 0.0625. The van der Waals surface area contributed by atoms with Crippen molar-refractivity contribution >= 4 is 46.1 Å². The topological polar surface area (TPSA) is 69.6 Å². The minimum absolute atomic E-state index is 0.110. The van der Waals surface area contributed by atoms with Crippen LogP contribution in [-0.2, 0) is 9.59 Å². The third-order valence-electron chi connectivity index (χ3n) is 3.38. The van der Waals surface area contributed by atoms with Gasteiger partial charge in [0.05, 0.1) is 0 Å². The number of nitrogens with one attached hydrogen (secondary N) is 1. The predicted molar refractivity (Wildman–Crippen MR) is 87.0 cm³/mol. The van der Waals surface area contributed by atoms with E-state index in [2.05, 4.69) is 5.32 Å². The van der Waals surface area contributed by atoms with Crippen molar-refractivity contribution in [1.82, 2.24) is 10.2 Å². The summed E-state index contributed by atoms with van der Waals surface area (Å²) in [6.07, 6.45) is 1.69. The summed E-state index contributed by atoms with van der Waals surface area (Å²) in [4.78, 5) is 24.1. The van der Waals surface area contributed by atoms with Gasteiger partial charge in [-0.25, -0.2) is 0 Å². The first kappa shape index (κ1) is 14.2. The van der Waals surface area contributed by atoms with Crippen LogP contribution < -0.4 is 5.32 Å². The fourth-order valence-corrected chi connectivity index (χ4v) is 2.64. The molecule has 1 saturated heterocycles. The maximum atomic E-state index is 12.2. The molecule has 2 aromatic carbocycles. The lowest BCUT2D eigenvalue weighted by molar-refractivity contribution is -0.140. The third kappa shape index (κ3) is 2.56. The van der Waals surface area contributed by atoms with E-state index in [1.165, 1.54) is 0 Å². The maximum absolute atomic E-state index is 12.2. The zero-order chi connectivity index (χ0) is 15.7. The van der Waals surface area contributed by atoms with E-state index in [1.807, 2.05) is 42.5 Å². The van der Waals surface area contributed by atoms with Crippen LogP contribution >= 0.6 is 12.2 Å². The van der Waals surface area contributed by atoms with Crippen LogP contribution in [0.3, 0.4) is 0 Å². The van der Waals surface area contributed by atoms with Crippen molar-refractivity contribution in [2.75, 3.05) is 6.54 Å². The van der Waals surface area contributed by atoms with Crippen LogP contribution in [0.2, 0.25) is 0 Å². The molecule has 6 heteroatoms. The predicted octanol–water partition coefficient (Wildman–Crippen LogP) is 1.98. The van der Waals surface area contributed by atoms with Crippen molar-refractivity contribution in [2.45, 2.75) is 0 Å². The number of hydrogen-bond donors (Lipinski definition) is 2. The number of fused-ring (bicyclic) bond motifs is 1. The molecule has 0 bridgehead atoms. The second-order valence-electron chi connectivity index (χ2n) is 4.84. The third-order valence-corrected chi connectivity index (χ3v) is 3.70. The van der Waals surface area contributed by atoms with Crippen LogP contribution in [0.5, 0.6) is 0 Å². The molecule has 1 heterocycles. The smallest absolute Gasteiger partial charge is 0.323 e. The first-order valence-corrected chi connectivity index (χ1v) is 7.01. The van der Waals surface area contributed by atoms with Crippen molar-refractivity contribution < 1.29 is 14.7 Å². The van der Waals surface area contributed by atoms with Gasteiger partial charge in [0.1, 0.15) is 12.2 Å². The lowest BCUT2D eigenvalue weighted by Gasteiger charge is -2.09. The van der Waals surface area contributed by atoms with E-state index in [-0.39, 0.29) is 10.8 Å². The van der Waals surface area contributed by atoms with Crippen molar-refractivity contribution in [2.24, 2.45) is 0 Å². The van der Waals surface area contributed by atoms with Crippen LogP contribution in [-0.4, -0.2) is 33.5 Å². The first-order chi connectivity index (χ1) is 10.6. The number of rotatable bonds is 3. The number of aliphatic carboxylic acids is 1. The molecule has 0 aromatic heterocycles. The van der Waals surface area contributed by atoms with Crippen LogP contribution in [0.25, 0.3) is 16.8 Å². The highest BCUT2D eigenvalue weighted by Gasteiger charge is 2.32. The number of benzene rings is 2. The number of carbonyl (C=O) groups is 2. The molecule has 1 aliphatic rings. The van der Waals surface area contributed by atoms with E-state index in [0.29, 0.717) is 0 Å². The Bertz CT molecular complexity index is 824. The quantitative estimate of drug-likeness (QED) is 0.670. The van der Waals surface area contributed by atoms with E-state index in [0.717, 1.165) is 21.2 Å². The standard InChI is InChI=1S/C16H12N2O3S/c19-14(20)9-18-15(21)13(17-16(18)22)8-11-6-3-5-10-4-1-2-7-12(10)11/h1-8H,9H2,(H,17,22)(H,19,20)/b13-8-. The molecular formula is C16H12N2O3S. The van der Waals surface area contributed by atoms with E-state index in [1.54, 1.807) is 6.08 Å². The van der Waals surface area contributed by atoms with Crippen LogP contribution in [0, 0.1) is 0 Å². The Labute approximate surface area is 131 Å². The van der Waals surface area contributed by atoms with Gasteiger partial charge in [-0.2, -0.15) is 0 Å². The molecule has 1 aliphatic heterocycles. The van der Waals surface area contributed by atoms with Gasteiger partial charge in [0.2, 0.25) is 0 Å². The summed E-state index contributed by atoms with van der Waals surface area (Å²) >= 11 is 5.01. The Balaban J connectivity index is 2.00. The number of nitrogens with zero attached hydrogens (tertiary/aromatic N) is 1. The van der Waals surface area contributed by atoms with Gasteiger partial charge >= 0.3 is 5.97 Å². The second kappa shape index (κ2) is 5.57. The minimum Gasteiger partial charge on any atom is -0.480 e. The van der Waals surface area contributed by atoms with Gasteiger partial charge in [-0.3, -0.25) is 14.5 Å². The average Bonchev–Trinajstić information content (AvgIpc) is 2.75. The number of carboxylic acids is 1. The van der Waals surface area contributed by atoms with Gasteiger partial charge in [0.25, 0.3) is 5.91 Å². The monoisotopic (exact) mass is 312 g/mol. The Morgan fingerprint density at radius 2 is 1.95 bits per heavy atom. The number of hydrogen-bond acceptors (Lipinski definition) is 3. The molecule has 110 valence electrons. The van der Waals surface area contributed by atoms with E-state index >= 15 is 0 Å². The molecule has 0 radical (unpaired) electrons. The van der Waals surface area contributed by atoms with Crippen molar-refractivity contribution in [1.29, 1.82) is 0 Å². The number of amides is 1. The van der Waals surface area contributed by atoms with E-state index in [9.17, 15) is 9.59 Å². The highest BCUT2D eigenvalue weighted by molar-refractivity contribution is 7.80. The molecule has 0 atom stereocenters. The zero-order valence-electron chi connectivity index (χ0n) is 11.4. The van der Waals surface area contributed by atoms with Gasteiger partial charge in [-0.1, -0.05) is 42.5 Å². The Kier molecular flexibility index (Phi) is 3.60. The summed E-state index contributed by atoms with van der Waals surface area (Å²) in [5.74, 6) is -1.54. The Morgan fingerprint density at radius 3 is 2.73 bits per heavy atom. The van der Waals surface area contributed by atoms with Crippen LogP contribution in [0.1, 0.15) is 5.56 Å². The maximum Gasteiger partial charge on any atom is 0.323 e. The van der Waals surface area contributed by atoms with Crippen molar-refractivity contribution in [3.05, 3.63) is 53.7 Å². The summed E-state index contributed by atoms with van der Waals surface area (Å²) < 4.78 is 0. The van der Waals surface area contributed by atoms with Gasteiger partial charge < -0.3 is 10.4 Å². The molecule has 22 heavy (non-hydrogen) atoms. The van der Waals surface area contributed by atoms with E-state index in [4.69, 9.17) is 17.3 Å². The van der Waals surface area contributed by atoms with Gasteiger partial charge in [0, 0.05) is 0 Å². The second-order valence-corrected chi connectivity index (χ2v) is 5.23. The molecular weight excluding hydrogens is 300 g/mol. The largest absolute Gasteiger partial charge is 0.480 e. The van der Waals surface area contributed by atoms with Crippen molar-refractivity contribution in [3.63, 3.8) is 0 Å². The number of carbonyl (C=O) groups excluding carboxylic acids is 1. The average molecular weight is 312 g/mol. The highest BCUT2D eigenvalue weighted by Crippen LogP contribution is 2.22. The van der Waals surface area contributed by atoms with Crippen molar-refractivity contribution in [3.8, 4) is 0 Å². The normalized spacial score (nSPS) is 16.4. The minimum atomic E-state index is -1.11. The molecule has 0 unspecified atom stereocenters. The summed E-state index contributed by atoms with van der Waals surface area (Å²) in [6, 6.07) is 13.6. The molecule has 0 saturated carbocycles. The zero-order valence-corrected chi connectivity index (χ0v) is 12.3. The number of carboxylic acid groups (broad SMARTS) is 1. The van der Waals surface area contributed by atoms with Gasteiger partial charge in [-0.15, -0.1) is 0 Å². The molecule has 2 N–H and O–H groups in total. The highest BCUT2D eigenvalue weighted by atomic mass is 32.1. The van der Waals surface area contributed by atoms with Gasteiger partial charge in [0.15, 0.2) is 5.11 Å². The molecule has 1 fully saturated rings. The van der Waals surface area contributed by atoms with E-state index < -0.39 is 18.4 Å². The lowest BCUT2D eigenvalue weighted by atomic mass is 10.0. The van der Waals surface area contributed by atoms with Gasteiger partial charge in [-0.05, 0) is 34.6 Å². The molecule has 3 rings (SSSR count). The molecule has 5 nitrogen and oxygen atoms in total. The fourth-order valence-electron chi connectivity index (χ4n) is 2.38. The molecule has 0 aliphatic carbocycles. The molecule has 0 spiro atoms. The molecule has 2 aromatic rings. The lowest BCUT2D eigenvalue weighted by Crippen LogP contribution is -2.35. The molecule has 1 amide bonds. The Morgan fingerprint density at radius 1 is 1.23 bits per heavy atom. The Hall–Kier alpha value is -2.73. The van der Waals surface area contributed by atoms with Crippen LogP contribution in [0.4, 0.5) is 0 Å². The van der Waals surface area contributed by atoms with Crippen LogP contribution in [0.15, 0.2) is 48.2 Å². The summed E-state index contributed by atoms with van der Waals surface area (Å²) in [7, 11) is 0. The summed E-state index contributed by atoms with van der Waals surface area (Å²) in [5, 5.41) is 13.8. The summed E-state index contributed by atoms with van der Waals surface area (Å²) in [5.41, 5.74) is 1.15. The first-order valence-electron chi connectivity index (χ1n) is 6.60.